The molecule has 1 saturated heterocycles. The van der Waals surface area contributed by atoms with Crippen molar-refractivity contribution >= 4 is 28.3 Å². The molecule has 1 aliphatic heterocycles. The van der Waals surface area contributed by atoms with Gasteiger partial charge in [0, 0.05) is 19.1 Å². The van der Waals surface area contributed by atoms with Crippen molar-refractivity contribution in [1.29, 1.82) is 0 Å². The molecule has 1 atom stereocenters. The maximum Gasteiger partial charge on any atom is 0.573 e. The third kappa shape index (κ3) is 6.83. The molecule has 1 aromatic rings. The zero-order valence-electron chi connectivity index (χ0n) is 14.2. The topological polar surface area (TPSA) is 102 Å². The molecule has 7 nitrogen and oxygen atoms in total. The van der Waals surface area contributed by atoms with Crippen molar-refractivity contribution in [3.05, 3.63) is 24.3 Å². The first-order valence-corrected chi connectivity index (χ1v) is 9.46. The zero-order chi connectivity index (χ0) is 19.4. The molecule has 0 spiro atoms. The molecule has 154 valence electrons. The van der Waals surface area contributed by atoms with Gasteiger partial charge in [0.1, 0.15) is 5.75 Å². The van der Waals surface area contributed by atoms with Crippen LogP contribution in [0.15, 0.2) is 29.2 Å². The van der Waals surface area contributed by atoms with Crippen molar-refractivity contribution in [2.45, 2.75) is 36.6 Å². The number of halogens is 4. The first-order valence-electron chi connectivity index (χ1n) is 7.97. The van der Waals surface area contributed by atoms with Crippen LogP contribution in [0.25, 0.3) is 0 Å². The van der Waals surface area contributed by atoms with Crippen molar-refractivity contribution in [3.63, 3.8) is 0 Å². The number of alkyl halides is 3. The van der Waals surface area contributed by atoms with Gasteiger partial charge in [0.15, 0.2) is 0 Å². The third-order valence-electron chi connectivity index (χ3n) is 4.00. The Balaban J connectivity index is 0.00000364. The quantitative estimate of drug-likeness (QED) is 0.712. The number of nitrogens with zero attached hydrogens (tertiary/aromatic N) is 1. The standard InChI is InChI=1S/C15H20F3N3O4S.ClH/c16-15(17,18)25-12-4-6-13(7-5-12)26(23,24)20-10-14(22)21-8-2-1-3-11(21)9-19;/h4-7,11,20H,1-3,8-10,19H2;1H. The van der Waals surface area contributed by atoms with Crippen LogP contribution >= 0.6 is 12.4 Å². The van der Waals surface area contributed by atoms with Crippen LogP contribution in [0.4, 0.5) is 13.2 Å². The molecule has 3 N–H and O–H groups in total. The number of nitrogens with one attached hydrogen (secondary N) is 1. The monoisotopic (exact) mass is 431 g/mol. The van der Waals surface area contributed by atoms with E-state index in [1.54, 1.807) is 4.90 Å². The number of carbonyl (C=O) groups is 1. The van der Waals surface area contributed by atoms with Gasteiger partial charge in [-0.15, -0.1) is 25.6 Å². The van der Waals surface area contributed by atoms with E-state index in [0.29, 0.717) is 13.1 Å². The van der Waals surface area contributed by atoms with Gasteiger partial charge in [-0.05, 0) is 43.5 Å². The lowest BCUT2D eigenvalue weighted by Crippen LogP contribution is -2.50. The molecular weight excluding hydrogens is 411 g/mol. The third-order valence-corrected chi connectivity index (χ3v) is 5.42. The summed E-state index contributed by atoms with van der Waals surface area (Å²) in [6, 6.07) is 3.60. The second-order valence-corrected chi connectivity index (χ2v) is 7.58. The van der Waals surface area contributed by atoms with Crippen molar-refractivity contribution in [1.82, 2.24) is 9.62 Å². The summed E-state index contributed by atoms with van der Waals surface area (Å²) in [5.74, 6) is -0.924. The Kier molecular flexibility index (Phi) is 8.33. The molecule has 1 heterocycles. The number of amides is 1. The molecule has 1 amide bonds. The van der Waals surface area contributed by atoms with E-state index in [0.717, 1.165) is 43.5 Å². The van der Waals surface area contributed by atoms with E-state index in [-0.39, 0.29) is 29.3 Å². The maximum absolute atomic E-state index is 12.3. The van der Waals surface area contributed by atoms with Crippen LogP contribution < -0.4 is 15.2 Å². The van der Waals surface area contributed by atoms with E-state index in [4.69, 9.17) is 5.73 Å². The van der Waals surface area contributed by atoms with E-state index in [9.17, 15) is 26.4 Å². The highest BCUT2D eigenvalue weighted by molar-refractivity contribution is 7.89. The molecule has 1 aliphatic rings. The summed E-state index contributed by atoms with van der Waals surface area (Å²) in [7, 11) is -4.04. The molecular formula is C15H21ClF3N3O4S. The summed E-state index contributed by atoms with van der Waals surface area (Å²) in [5, 5.41) is 0. The zero-order valence-corrected chi connectivity index (χ0v) is 15.9. The number of ether oxygens (including phenoxy) is 1. The van der Waals surface area contributed by atoms with Crippen LogP contribution in [-0.4, -0.2) is 51.3 Å². The van der Waals surface area contributed by atoms with Crippen molar-refractivity contribution in [3.8, 4) is 5.75 Å². The fourth-order valence-corrected chi connectivity index (χ4v) is 3.71. The predicted molar refractivity (Wildman–Crippen MR) is 94.0 cm³/mol. The first-order chi connectivity index (χ1) is 12.1. The average Bonchev–Trinajstić information content (AvgIpc) is 2.58. The van der Waals surface area contributed by atoms with Gasteiger partial charge in [0.05, 0.1) is 11.4 Å². The Labute approximate surface area is 161 Å². The molecule has 2 rings (SSSR count). The van der Waals surface area contributed by atoms with Crippen LogP contribution in [0.3, 0.4) is 0 Å². The van der Waals surface area contributed by atoms with Crippen molar-refractivity contribution in [2.24, 2.45) is 5.73 Å². The van der Waals surface area contributed by atoms with Crippen LogP contribution in [0.2, 0.25) is 0 Å². The van der Waals surface area contributed by atoms with Crippen LogP contribution in [0, 0.1) is 0 Å². The summed E-state index contributed by atoms with van der Waals surface area (Å²) in [4.78, 5) is 13.5. The maximum atomic E-state index is 12.3. The van der Waals surface area contributed by atoms with E-state index in [2.05, 4.69) is 9.46 Å². The number of likely N-dealkylation sites (tertiary alicyclic amines) is 1. The number of sulfonamides is 1. The SMILES string of the molecule is Cl.NCC1CCCCN1C(=O)CNS(=O)(=O)c1ccc(OC(F)(F)F)cc1. The van der Waals surface area contributed by atoms with Gasteiger partial charge >= 0.3 is 6.36 Å². The van der Waals surface area contributed by atoms with Gasteiger partial charge in [0.25, 0.3) is 0 Å². The smallest absolute Gasteiger partial charge is 0.406 e. The van der Waals surface area contributed by atoms with Gasteiger partial charge in [-0.2, -0.15) is 0 Å². The number of carbonyl (C=O) groups excluding carboxylic acids is 1. The number of hydrogen-bond donors (Lipinski definition) is 2. The average molecular weight is 432 g/mol. The van der Waals surface area contributed by atoms with Crippen molar-refractivity contribution in [2.75, 3.05) is 19.6 Å². The normalized spacial score (nSPS) is 17.9. The minimum atomic E-state index is -4.86. The molecule has 0 aromatic heterocycles. The summed E-state index contributed by atoms with van der Waals surface area (Å²) in [6.45, 7) is 0.380. The molecule has 0 radical (unpaired) electrons. The molecule has 0 saturated carbocycles. The van der Waals surface area contributed by atoms with Crippen LogP contribution in [-0.2, 0) is 14.8 Å². The second-order valence-electron chi connectivity index (χ2n) is 5.82. The van der Waals surface area contributed by atoms with Crippen LogP contribution in [0.5, 0.6) is 5.75 Å². The Bertz CT molecular complexity index is 729. The van der Waals surface area contributed by atoms with E-state index in [1.165, 1.54) is 0 Å². The van der Waals surface area contributed by atoms with Gasteiger partial charge < -0.3 is 15.4 Å². The fourth-order valence-electron chi connectivity index (χ4n) is 2.74. The number of nitrogens with two attached hydrogens (primary N) is 1. The number of hydrogen-bond acceptors (Lipinski definition) is 5. The predicted octanol–water partition coefficient (Wildman–Crippen LogP) is 1.63. The van der Waals surface area contributed by atoms with Gasteiger partial charge in [-0.3, -0.25) is 4.79 Å². The Morgan fingerprint density at radius 2 is 1.89 bits per heavy atom. The highest BCUT2D eigenvalue weighted by Crippen LogP contribution is 2.24. The number of piperidine rings is 1. The molecule has 1 fully saturated rings. The Hall–Kier alpha value is -1.56. The van der Waals surface area contributed by atoms with E-state index >= 15 is 0 Å². The highest BCUT2D eigenvalue weighted by Gasteiger charge is 2.31. The second kappa shape index (κ2) is 9.58. The Morgan fingerprint density at radius 3 is 2.44 bits per heavy atom. The summed E-state index contributed by atoms with van der Waals surface area (Å²) in [6.07, 6.45) is -2.30. The molecule has 0 bridgehead atoms. The number of benzene rings is 1. The van der Waals surface area contributed by atoms with E-state index in [1.807, 2.05) is 0 Å². The van der Waals surface area contributed by atoms with Crippen LogP contribution in [0.1, 0.15) is 19.3 Å². The summed E-state index contributed by atoms with van der Waals surface area (Å²) < 4.78 is 66.6. The Morgan fingerprint density at radius 1 is 1.26 bits per heavy atom. The van der Waals surface area contributed by atoms with E-state index < -0.39 is 28.7 Å². The molecule has 27 heavy (non-hydrogen) atoms. The van der Waals surface area contributed by atoms with Crippen molar-refractivity contribution < 1.29 is 31.1 Å². The lowest BCUT2D eigenvalue weighted by Gasteiger charge is -2.35. The molecule has 0 aliphatic carbocycles. The molecule has 1 unspecified atom stereocenters. The fraction of sp³-hybridized carbons (Fsp3) is 0.533. The number of rotatable bonds is 6. The largest absolute Gasteiger partial charge is 0.573 e. The minimum absolute atomic E-state index is 0. The summed E-state index contributed by atoms with van der Waals surface area (Å²) in [5.41, 5.74) is 5.64. The lowest BCUT2D eigenvalue weighted by molar-refractivity contribution is -0.274. The van der Waals surface area contributed by atoms with Gasteiger partial charge in [-0.1, -0.05) is 0 Å². The van der Waals surface area contributed by atoms with Gasteiger partial charge in [0.2, 0.25) is 15.9 Å². The van der Waals surface area contributed by atoms with Gasteiger partial charge in [-0.25, -0.2) is 13.1 Å². The summed E-state index contributed by atoms with van der Waals surface area (Å²) >= 11 is 0. The minimum Gasteiger partial charge on any atom is -0.406 e. The molecule has 12 heteroatoms. The molecule has 1 aromatic carbocycles. The lowest BCUT2D eigenvalue weighted by atomic mass is 10.0. The first kappa shape index (κ1) is 23.5. The highest BCUT2D eigenvalue weighted by atomic mass is 35.5.